The van der Waals surface area contributed by atoms with Gasteiger partial charge >= 0.3 is 0 Å². The van der Waals surface area contributed by atoms with E-state index in [0.717, 1.165) is 11.4 Å². The Balaban J connectivity index is 2.27. The van der Waals surface area contributed by atoms with Gasteiger partial charge in [0.1, 0.15) is 23.7 Å². The Morgan fingerprint density at radius 1 is 1.33 bits per heavy atom. The summed E-state index contributed by atoms with van der Waals surface area (Å²) in [5, 5.41) is 4.01. The highest BCUT2D eigenvalue weighted by Gasteiger charge is 2.17. The zero-order valence-electron chi connectivity index (χ0n) is 7.68. The van der Waals surface area contributed by atoms with E-state index in [-0.39, 0.29) is 0 Å². The van der Waals surface area contributed by atoms with Gasteiger partial charge in [-0.15, -0.1) is 0 Å². The number of aromatic nitrogens is 3. The van der Waals surface area contributed by atoms with Gasteiger partial charge in [-0.2, -0.15) is 0 Å². The number of nitrogens with zero attached hydrogens (tertiary/aromatic N) is 4. The summed E-state index contributed by atoms with van der Waals surface area (Å²) in [5.74, 6) is 1.67. The summed E-state index contributed by atoms with van der Waals surface area (Å²) < 4.78 is 0. The highest BCUT2D eigenvalue weighted by Crippen LogP contribution is 2.37. The first-order chi connectivity index (χ1) is 7.34. The van der Waals surface area contributed by atoms with Crippen LogP contribution in [0.15, 0.2) is 23.5 Å². The molecule has 3 N–H and O–H groups in total. The monoisotopic (exact) mass is 199 g/mol. The van der Waals surface area contributed by atoms with E-state index in [9.17, 15) is 0 Å². The molecule has 0 spiro atoms. The fourth-order valence-corrected chi connectivity index (χ4v) is 1.50. The average molecular weight is 199 g/mol. The Hall–Kier alpha value is -2.37. The molecule has 0 saturated carbocycles. The van der Waals surface area contributed by atoms with Crippen molar-refractivity contribution in [3.05, 3.63) is 18.5 Å². The zero-order chi connectivity index (χ0) is 10.3. The first-order valence-electron chi connectivity index (χ1n) is 4.38. The Labute approximate surface area is 85.3 Å². The maximum absolute atomic E-state index is 5.67. The molecular weight excluding hydrogens is 192 g/mol. The Morgan fingerprint density at radius 2 is 2.27 bits per heavy atom. The van der Waals surface area contributed by atoms with Crippen molar-refractivity contribution in [2.75, 3.05) is 5.73 Å². The van der Waals surface area contributed by atoms with Crippen molar-refractivity contribution in [3.8, 4) is 11.4 Å². The van der Waals surface area contributed by atoms with Gasteiger partial charge in [0.2, 0.25) is 0 Å². The van der Waals surface area contributed by atoms with Crippen LogP contribution in [0.2, 0.25) is 0 Å². The van der Waals surface area contributed by atoms with Crippen molar-refractivity contribution < 1.29 is 0 Å². The number of aliphatic imine (C=N–C) groups is 1. The minimum absolute atomic E-state index is 0.411. The van der Waals surface area contributed by atoms with Crippen LogP contribution in [0, 0.1) is 0 Å². The predicted molar refractivity (Wildman–Crippen MR) is 56.2 cm³/mol. The normalized spacial score (nSPS) is 12.5. The summed E-state index contributed by atoms with van der Waals surface area (Å²) in [5.41, 5.74) is 7.20. The molecule has 0 fully saturated rings. The number of nitrogen functional groups attached to an aromatic ring is 1. The molecule has 0 bridgehead atoms. The highest BCUT2D eigenvalue weighted by atomic mass is 15.1. The van der Waals surface area contributed by atoms with Crippen LogP contribution < -0.4 is 11.1 Å². The Bertz CT molecular complexity index is 528. The van der Waals surface area contributed by atoms with Crippen LogP contribution in [-0.2, 0) is 0 Å². The summed E-state index contributed by atoms with van der Waals surface area (Å²) >= 11 is 0. The molecule has 0 atom stereocenters. The van der Waals surface area contributed by atoms with Crippen LogP contribution in [0.1, 0.15) is 0 Å². The van der Waals surface area contributed by atoms with Crippen molar-refractivity contribution >= 4 is 23.7 Å². The smallest absolute Gasteiger partial charge is 0.182 e. The molecule has 15 heavy (non-hydrogen) atoms. The maximum atomic E-state index is 5.67. The lowest BCUT2D eigenvalue weighted by Crippen LogP contribution is -1.96. The molecule has 1 aliphatic rings. The summed E-state index contributed by atoms with van der Waals surface area (Å²) in [7, 11) is 0. The molecule has 3 heterocycles. The minimum atomic E-state index is 0.411. The van der Waals surface area contributed by atoms with Crippen molar-refractivity contribution in [1.82, 2.24) is 20.3 Å². The second-order valence-corrected chi connectivity index (χ2v) is 3.08. The van der Waals surface area contributed by atoms with Crippen LogP contribution >= 0.6 is 0 Å². The van der Waals surface area contributed by atoms with Gasteiger partial charge in [-0.1, -0.05) is 0 Å². The van der Waals surface area contributed by atoms with Gasteiger partial charge in [0.25, 0.3) is 0 Å². The minimum Gasteiger partial charge on any atom is -0.384 e. The Morgan fingerprint density at radius 3 is 3.07 bits per heavy atom. The van der Waals surface area contributed by atoms with Crippen molar-refractivity contribution in [1.29, 1.82) is 0 Å². The molecule has 6 nitrogen and oxygen atoms in total. The number of hydrogen-bond acceptors (Lipinski definition) is 4. The first kappa shape index (κ1) is 7.98. The predicted octanol–water partition coefficient (Wildman–Crippen LogP) is 0.963. The van der Waals surface area contributed by atoms with Gasteiger partial charge in [-0.05, 0) is 6.07 Å². The van der Waals surface area contributed by atoms with Gasteiger partial charge in [0, 0.05) is 12.4 Å². The third kappa shape index (κ3) is 1.15. The van der Waals surface area contributed by atoms with Crippen LogP contribution in [0.3, 0.4) is 0 Å². The molecule has 2 aromatic heterocycles. The number of imidazole rings is 1. The van der Waals surface area contributed by atoms with Crippen molar-refractivity contribution in [2.45, 2.75) is 0 Å². The van der Waals surface area contributed by atoms with E-state index in [2.05, 4.69) is 25.3 Å². The molecule has 0 aromatic carbocycles. The van der Waals surface area contributed by atoms with E-state index >= 15 is 0 Å². The summed E-state index contributed by atoms with van der Waals surface area (Å²) in [6.45, 7) is 0. The molecule has 0 saturated heterocycles. The summed E-state index contributed by atoms with van der Waals surface area (Å²) in [4.78, 5) is 15.3. The van der Waals surface area contributed by atoms with Gasteiger partial charge < -0.3 is 10.7 Å². The average Bonchev–Trinajstić information content (AvgIpc) is 2.86. The quantitative estimate of drug-likeness (QED) is 0.716. The zero-order valence-corrected chi connectivity index (χ0v) is 7.68. The molecule has 1 aliphatic heterocycles. The standard InChI is InChI=1S/C9H7N6/c10-6-3-5(8-11-1-2-12-8)7-9(15-6)14-4-13-7/h1-4H,(H2,10,15)(H,11,12). The number of fused-ring (bicyclic) bond motifs is 1. The number of hydrogen-bond donors (Lipinski definition) is 2. The molecule has 0 amide bonds. The highest BCUT2D eigenvalue weighted by molar-refractivity contribution is 5.89. The lowest BCUT2D eigenvalue weighted by atomic mass is 10.2. The van der Waals surface area contributed by atoms with Crippen molar-refractivity contribution in [3.63, 3.8) is 0 Å². The number of nitrogens with one attached hydrogen (secondary N) is 1. The first-order valence-corrected chi connectivity index (χ1v) is 4.38. The Kier molecular flexibility index (Phi) is 1.49. The number of H-pyrrole nitrogens is 1. The van der Waals surface area contributed by atoms with E-state index in [1.807, 2.05) is 0 Å². The summed E-state index contributed by atoms with van der Waals surface area (Å²) in [6.07, 6.45) is 4.88. The molecule has 0 aliphatic carbocycles. The van der Waals surface area contributed by atoms with E-state index in [4.69, 9.17) is 5.73 Å². The molecular formula is C9H7N6. The summed E-state index contributed by atoms with van der Waals surface area (Å²) in [6, 6.07) is 1.73. The van der Waals surface area contributed by atoms with E-state index in [1.54, 1.807) is 18.5 Å². The van der Waals surface area contributed by atoms with E-state index in [1.165, 1.54) is 6.34 Å². The molecule has 73 valence electrons. The number of nitrogens with two attached hydrogens (primary N) is 1. The van der Waals surface area contributed by atoms with Crippen LogP contribution in [-0.4, -0.2) is 21.3 Å². The second-order valence-electron chi connectivity index (χ2n) is 3.08. The van der Waals surface area contributed by atoms with E-state index in [0.29, 0.717) is 17.3 Å². The molecule has 6 heteroatoms. The van der Waals surface area contributed by atoms with Gasteiger partial charge in [-0.25, -0.2) is 20.3 Å². The largest absolute Gasteiger partial charge is 0.384 e. The molecule has 2 aromatic rings. The third-order valence-corrected chi connectivity index (χ3v) is 2.11. The topological polar surface area (TPSA) is 94.0 Å². The molecule has 3 rings (SSSR count). The lowest BCUT2D eigenvalue weighted by molar-refractivity contribution is 1.20. The van der Waals surface area contributed by atoms with Crippen molar-refractivity contribution in [2.24, 2.45) is 4.99 Å². The van der Waals surface area contributed by atoms with Crippen LogP contribution in [0.5, 0.6) is 0 Å². The third-order valence-electron chi connectivity index (χ3n) is 2.11. The number of rotatable bonds is 1. The van der Waals surface area contributed by atoms with E-state index < -0.39 is 0 Å². The maximum Gasteiger partial charge on any atom is 0.182 e. The van der Waals surface area contributed by atoms with Crippen LogP contribution in [0.4, 0.5) is 17.3 Å². The van der Waals surface area contributed by atoms with Gasteiger partial charge in [-0.3, -0.25) is 0 Å². The van der Waals surface area contributed by atoms with Crippen LogP contribution in [0.25, 0.3) is 11.4 Å². The van der Waals surface area contributed by atoms with Gasteiger partial charge in [0.05, 0.1) is 5.56 Å². The number of anilines is 1. The molecule has 0 unspecified atom stereocenters. The lowest BCUT2D eigenvalue weighted by Gasteiger charge is -2.03. The fourth-order valence-electron chi connectivity index (χ4n) is 1.50. The van der Waals surface area contributed by atoms with Gasteiger partial charge in [0.15, 0.2) is 5.82 Å². The number of pyridine rings is 1. The second kappa shape index (κ2) is 2.81. The fraction of sp³-hybridized carbons (Fsp3) is 0. The molecule has 1 radical (unpaired) electrons. The SMILES string of the molecule is Nc1cc(-c2ncc[nH]2)c2c(n1)[N]C=N2. The number of aromatic amines is 1.